The molecule has 0 amide bonds. The number of hydrogen-bond donors (Lipinski definition) is 0. The Morgan fingerprint density at radius 1 is 1.14 bits per heavy atom. The molecule has 3 heterocycles. The summed E-state index contributed by atoms with van der Waals surface area (Å²) in [5, 5.41) is 8.47. The van der Waals surface area contributed by atoms with Crippen molar-refractivity contribution in [1.29, 1.82) is 0 Å². The summed E-state index contributed by atoms with van der Waals surface area (Å²) in [5.74, 6) is 0.830. The lowest BCUT2D eigenvalue weighted by Gasteiger charge is -2.24. The van der Waals surface area contributed by atoms with E-state index in [1.807, 2.05) is 35.0 Å². The van der Waals surface area contributed by atoms with Crippen LogP contribution in [0.4, 0.5) is 4.39 Å². The Morgan fingerprint density at radius 3 is 2.76 bits per heavy atom. The summed E-state index contributed by atoms with van der Waals surface area (Å²) < 4.78 is 32.3. The van der Waals surface area contributed by atoms with Gasteiger partial charge in [-0.1, -0.05) is 29.4 Å². The maximum atomic E-state index is 14.0. The maximum Gasteiger partial charge on any atom is 0.278 e. The van der Waals surface area contributed by atoms with Crippen molar-refractivity contribution in [3.05, 3.63) is 71.7 Å². The van der Waals surface area contributed by atoms with Gasteiger partial charge in [0, 0.05) is 0 Å². The fraction of sp³-hybridized carbons (Fsp3) is 0.190. The van der Waals surface area contributed by atoms with E-state index in [1.54, 1.807) is 25.3 Å². The van der Waals surface area contributed by atoms with E-state index in [0.717, 1.165) is 17.0 Å². The highest BCUT2D eigenvalue weighted by atomic mass is 19.1. The summed E-state index contributed by atoms with van der Waals surface area (Å²) in [6.45, 7) is 0.980. The Hall–Kier alpha value is -3.52. The van der Waals surface area contributed by atoms with Crippen molar-refractivity contribution in [2.24, 2.45) is 0 Å². The lowest BCUT2D eigenvalue weighted by Crippen LogP contribution is -2.21. The molecule has 0 N–H and O–H groups in total. The Labute approximate surface area is 165 Å². The largest absolute Gasteiger partial charge is 0.497 e. The van der Waals surface area contributed by atoms with Crippen molar-refractivity contribution in [3.63, 3.8) is 0 Å². The molecule has 0 fully saturated rings. The van der Waals surface area contributed by atoms with Gasteiger partial charge in [0.25, 0.3) is 5.89 Å². The first kappa shape index (κ1) is 17.6. The number of methoxy groups -OCH3 is 1. The number of nitrogens with zero attached hydrogens (tertiary/aromatic N) is 4. The number of aromatic nitrogens is 4. The Kier molecular flexibility index (Phi) is 4.33. The van der Waals surface area contributed by atoms with Gasteiger partial charge in [-0.05, 0) is 35.9 Å². The van der Waals surface area contributed by atoms with Crippen LogP contribution >= 0.6 is 0 Å². The van der Waals surface area contributed by atoms with E-state index in [1.165, 1.54) is 6.07 Å². The first-order valence-corrected chi connectivity index (χ1v) is 9.12. The third-order valence-electron chi connectivity index (χ3n) is 4.88. The molecule has 8 heteroatoms. The highest BCUT2D eigenvalue weighted by Crippen LogP contribution is 2.30. The summed E-state index contributed by atoms with van der Waals surface area (Å²) >= 11 is 0. The van der Waals surface area contributed by atoms with E-state index < -0.39 is 5.82 Å². The molecule has 0 aliphatic carbocycles. The lowest BCUT2D eigenvalue weighted by atomic mass is 10.1. The molecule has 0 bridgehead atoms. The predicted octanol–water partition coefficient (Wildman–Crippen LogP) is 4.02. The van der Waals surface area contributed by atoms with Crippen molar-refractivity contribution in [2.45, 2.75) is 19.3 Å². The minimum absolute atomic E-state index is 0.113. The molecule has 0 spiro atoms. The average molecular weight is 392 g/mol. The number of fused-ring (bicyclic) bond motifs is 1. The SMILES string of the molecule is COc1ccc([C@@H]2Cn3nc(-c4nc(-c5ccccc5F)no4)cc3CO2)cc1. The van der Waals surface area contributed by atoms with E-state index in [9.17, 15) is 4.39 Å². The average Bonchev–Trinajstić information content (AvgIpc) is 3.40. The first-order valence-electron chi connectivity index (χ1n) is 9.12. The van der Waals surface area contributed by atoms with Crippen LogP contribution in [0.2, 0.25) is 0 Å². The van der Waals surface area contributed by atoms with E-state index in [2.05, 4.69) is 15.2 Å². The molecular formula is C21H17FN4O3. The third kappa shape index (κ3) is 3.27. The normalized spacial score (nSPS) is 15.9. The first-order chi connectivity index (χ1) is 14.2. The molecule has 0 radical (unpaired) electrons. The molecule has 0 unspecified atom stereocenters. The predicted molar refractivity (Wildman–Crippen MR) is 101 cm³/mol. The van der Waals surface area contributed by atoms with Crippen LogP contribution in [0, 0.1) is 5.82 Å². The van der Waals surface area contributed by atoms with E-state index in [-0.39, 0.29) is 23.4 Å². The molecule has 4 aromatic rings. The Balaban J connectivity index is 1.39. The molecule has 2 aromatic carbocycles. The quantitative estimate of drug-likeness (QED) is 0.522. The van der Waals surface area contributed by atoms with Crippen molar-refractivity contribution < 1.29 is 18.4 Å². The molecular weight excluding hydrogens is 375 g/mol. The summed E-state index contributed by atoms with van der Waals surface area (Å²) in [6.07, 6.45) is -0.113. The molecule has 29 heavy (non-hydrogen) atoms. The fourth-order valence-electron chi connectivity index (χ4n) is 3.33. The number of halogens is 1. The standard InChI is InChI=1S/C21H17FN4O3/c1-27-15-8-6-13(7-9-15)19-11-26-14(12-28-19)10-18(24-26)21-23-20(25-29-21)16-4-2-3-5-17(16)22/h2-10,19H,11-12H2,1H3/t19-/m0/s1. The highest BCUT2D eigenvalue weighted by molar-refractivity contribution is 5.58. The number of hydrogen-bond acceptors (Lipinski definition) is 6. The van der Waals surface area contributed by atoms with Crippen molar-refractivity contribution >= 4 is 0 Å². The van der Waals surface area contributed by atoms with E-state index in [4.69, 9.17) is 14.0 Å². The summed E-state index contributed by atoms with van der Waals surface area (Å²) in [5.41, 5.74) is 2.78. The van der Waals surface area contributed by atoms with Gasteiger partial charge in [0.05, 0.1) is 31.5 Å². The molecule has 0 saturated carbocycles. The maximum absolute atomic E-state index is 14.0. The second-order valence-corrected chi connectivity index (χ2v) is 6.68. The van der Waals surface area contributed by atoms with E-state index in [0.29, 0.717) is 18.8 Å². The van der Waals surface area contributed by atoms with Gasteiger partial charge in [-0.15, -0.1) is 0 Å². The van der Waals surface area contributed by atoms with Gasteiger partial charge in [-0.25, -0.2) is 4.39 Å². The number of ether oxygens (including phenoxy) is 2. The molecule has 1 aliphatic rings. The second kappa shape index (κ2) is 7.14. The smallest absolute Gasteiger partial charge is 0.278 e. The fourth-order valence-corrected chi connectivity index (χ4v) is 3.33. The molecule has 7 nitrogen and oxygen atoms in total. The lowest BCUT2D eigenvalue weighted by molar-refractivity contribution is -0.00115. The van der Waals surface area contributed by atoms with Gasteiger partial charge in [0.15, 0.2) is 5.69 Å². The second-order valence-electron chi connectivity index (χ2n) is 6.68. The van der Waals surface area contributed by atoms with Gasteiger partial charge in [0.2, 0.25) is 5.82 Å². The molecule has 2 aromatic heterocycles. The highest BCUT2D eigenvalue weighted by Gasteiger charge is 2.24. The van der Waals surface area contributed by atoms with Crippen molar-refractivity contribution in [3.8, 4) is 28.7 Å². The van der Waals surface area contributed by atoms with Crippen LogP contribution in [0.3, 0.4) is 0 Å². The van der Waals surface area contributed by atoms with Crippen LogP contribution in [0.25, 0.3) is 23.0 Å². The van der Waals surface area contributed by atoms with Gasteiger partial charge in [-0.2, -0.15) is 10.1 Å². The zero-order valence-corrected chi connectivity index (χ0v) is 15.6. The zero-order valence-electron chi connectivity index (χ0n) is 15.6. The van der Waals surface area contributed by atoms with Gasteiger partial charge in [0.1, 0.15) is 17.7 Å². The number of benzene rings is 2. The Morgan fingerprint density at radius 2 is 1.97 bits per heavy atom. The molecule has 146 valence electrons. The number of rotatable bonds is 4. The summed E-state index contributed by atoms with van der Waals surface area (Å²) in [7, 11) is 1.64. The minimum Gasteiger partial charge on any atom is -0.497 e. The van der Waals surface area contributed by atoms with Crippen LogP contribution in [0.1, 0.15) is 17.4 Å². The summed E-state index contributed by atoms with van der Waals surface area (Å²) in [6, 6.07) is 15.9. The molecule has 0 saturated heterocycles. The van der Waals surface area contributed by atoms with Crippen LogP contribution in [0.15, 0.2) is 59.1 Å². The minimum atomic E-state index is -0.403. The van der Waals surface area contributed by atoms with Crippen molar-refractivity contribution in [2.75, 3.05) is 7.11 Å². The summed E-state index contributed by atoms with van der Waals surface area (Å²) in [4.78, 5) is 4.30. The third-order valence-corrected chi connectivity index (χ3v) is 4.88. The van der Waals surface area contributed by atoms with Crippen LogP contribution in [-0.4, -0.2) is 27.0 Å². The topological polar surface area (TPSA) is 75.2 Å². The van der Waals surface area contributed by atoms with Crippen LogP contribution < -0.4 is 4.74 Å². The van der Waals surface area contributed by atoms with Crippen molar-refractivity contribution in [1.82, 2.24) is 19.9 Å². The van der Waals surface area contributed by atoms with E-state index >= 15 is 0 Å². The molecule has 1 atom stereocenters. The molecule has 5 rings (SSSR count). The van der Waals surface area contributed by atoms with Gasteiger partial charge >= 0.3 is 0 Å². The monoisotopic (exact) mass is 392 g/mol. The molecule has 1 aliphatic heterocycles. The zero-order chi connectivity index (χ0) is 19.8. The Bertz CT molecular complexity index is 1150. The van der Waals surface area contributed by atoms with Gasteiger partial charge in [-0.3, -0.25) is 4.68 Å². The van der Waals surface area contributed by atoms with Gasteiger partial charge < -0.3 is 14.0 Å². The van der Waals surface area contributed by atoms with Crippen LogP contribution in [-0.2, 0) is 17.9 Å². The van der Waals surface area contributed by atoms with Crippen LogP contribution in [0.5, 0.6) is 5.75 Å².